The summed E-state index contributed by atoms with van der Waals surface area (Å²) in [5.41, 5.74) is 4.34. The molecule has 0 bridgehead atoms. The maximum atomic E-state index is 13.2. The molecule has 0 unspecified atom stereocenters. The van der Waals surface area contributed by atoms with E-state index in [1.807, 2.05) is 56.3 Å². The largest absolute Gasteiger partial charge is 0.493 e. The number of fused-ring (bicyclic) bond motifs is 4. The Morgan fingerprint density at radius 1 is 0.824 bits per heavy atom. The number of para-hydroxylation sites is 1. The number of methoxy groups -OCH3 is 2. The van der Waals surface area contributed by atoms with E-state index in [1.54, 1.807) is 14.2 Å². The standard InChI is InChI=1S/C27H25NO4.C2H6/c1-4-7-22-19-15-26(31-3)25(30-2)14-18(19)21(27(29)28-22)13-16-10-11-24-20(12-16)17-8-5-6-9-23(17)32-24;1-2/h5-6,8-12,14-15H,4,7,13H2,1-3H3,(H,28,29);1-2H3. The van der Waals surface area contributed by atoms with Gasteiger partial charge in [-0.1, -0.05) is 51.5 Å². The van der Waals surface area contributed by atoms with Gasteiger partial charge in [-0.15, -0.1) is 0 Å². The molecule has 0 fully saturated rings. The molecule has 5 aromatic rings. The van der Waals surface area contributed by atoms with Crippen LogP contribution in [0.15, 0.2) is 63.8 Å². The molecule has 0 amide bonds. The topological polar surface area (TPSA) is 64.5 Å². The van der Waals surface area contributed by atoms with Crippen LogP contribution in [0.2, 0.25) is 0 Å². The van der Waals surface area contributed by atoms with E-state index in [-0.39, 0.29) is 5.56 Å². The van der Waals surface area contributed by atoms with Crippen LogP contribution in [0.25, 0.3) is 32.7 Å². The average molecular weight is 458 g/mol. The van der Waals surface area contributed by atoms with Gasteiger partial charge in [0.05, 0.1) is 14.2 Å². The molecular weight excluding hydrogens is 426 g/mol. The zero-order chi connectivity index (χ0) is 24.2. The highest BCUT2D eigenvalue weighted by Gasteiger charge is 2.16. The average Bonchev–Trinajstić information content (AvgIpc) is 3.25. The second-order valence-electron chi connectivity index (χ2n) is 8.02. The zero-order valence-corrected chi connectivity index (χ0v) is 20.5. The fourth-order valence-electron chi connectivity index (χ4n) is 4.49. The lowest BCUT2D eigenvalue weighted by Crippen LogP contribution is -2.16. The molecule has 0 spiro atoms. The molecule has 5 rings (SSSR count). The summed E-state index contributed by atoms with van der Waals surface area (Å²) in [6.07, 6.45) is 2.22. The highest BCUT2D eigenvalue weighted by Crippen LogP contribution is 2.35. The van der Waals surface area contributed by atoms with Crippen molar-refractivity contribution in [1.29, 1.82) is 0 Å². The van der Waals surface area contributed by atoms with E-state index < -0.39 is 0 Å². The van der Waals surface area contributed by atoms with E-state index in [9.17, 15) is 4.79 Å². The lowest BCUT2D eigenvalue weighted by molar-refractivity contribution is 0.356. The normalized spacial score (nSPS) is 11.0. The molecule has 3 aromatic carbocycles. The first-order valence-corrected chi connectivity index (χ1v) is 11.8. The summed E-state index contributed by atoms with van der Waals surface area (Å²) < 4.78 is 17.0. The Kier molecular flexibility index (Phi) is 6.92. The highest BCUT2D eigenvalue weighted by molar-refractivity contribution is 6.05. The van der Waals surface area contributed by atoms with Crippen molar-refractivity contribution in [2.45, 2.75) is 40.0 Å². The first-order chi connectivity index (χ1) is 16.6. The van der Waals surface area contributed by atoms with Gasteiger partial charge in [0.25, 0.3) is 5.56 Å². The van der Waals surface area contributed by atoms with Crippen LogP contribution in [-0.4, -0.2) is 19.2 Å². The van der Waals surface area contributed by atoms with Crippen LogP contribution in [0.5, 0.6) is 11.5 Å². The van der Waals surface area contributed by atoms with Gasteiger partial charge < -0.3 is 18.9 Å². The second kappa shape index (κ2) is 10.0. The Morgan fingerprint density at radius 2 is 1.50 bits per heavy atom. The Hall–Kier alpha value is -3.73. The van der Waals surface area contributed by atoms with Crippen LogP contribution >= 0.6 is 0 Å². The molecule has 0 aliphatic rings. The Balaban J connectivity index is 0.00000133. The number of rotatable bonds is 6. The maximum absolute atomic E-state index is 13.2. The Labute approximate surface area is 199 Å². The van der Waals surface area contributed by atoms with E-state index in [0.717, 1.165) is 56.8 Å². The van der Waals surface area contributed by atoms with E-state index in [1.165, 1.54) is 0 Å². The fraction of sp³-hybridized carbons (Fsp3) is 0.276. The molecule has 176 valence electrons. The molecule has 2 heterocycles. The number of aryl methyl sites for hydroxylation is 1. The predicted molar refractivity (Wildman–Crippen MR) is 140 cm³/mol. The summed E-state index contributed by atoms with van der Waals surface area (Å²) in [5, 5.41) is 4.02. The van der Waals surface area contributed by atoms with Crippen molar-refractivity contribution < 1.29 is 13.9 Å². The summed E-state index contributed by atoms with van der Waals surface area (Å²) in [4.78, 5) is 16.3. The van der Waals surface area contributed by atoms with Crippen LogP contribution < -0.4 is 15.0 Å². The minimum atomic E-state index is -0.0645. The molecule has 0 atom stereocenters. The van der Waals surface area contributed by atoms with E-state index >= 15 is 0 Å². The van der Waals surface area contributed by atoms with Crippen LogP contribution in [0.3, 0.4) is 0 Å². The zero-order valence-electron chi connectivity index (χ0n) is 20.5. The Morgan fingerprint density at radius 3 is 2.21 bits per heavy atom. The number of hydrogen-bond acceptors (Lipinski definition) is 4. The monoisotopic (exact) mass is 457 g/mol. The third-order valence-corrected chi connectivity index (χ3v) is 6.03. The quantitative estimate of drug-likeness (QED) is 0.298. The summed E-state index contributed by atoms with van der Waals surface area (Å²) in [6, 6.07) is 18.0. The van der Waals surface area contributed by atoms with Crippen LogP contribution in [0.4, 0.5) is 0 Å². The second-order valence-corrected chi connectivity index (χ2v) is 8.02. The number of aromatic nitrogens is 1. The number of ether oxygens (including phenoxy) is 2. The first kappa shape index (κ1) is 23.4. The minimum Gasteiger partial charge on any atom is -0.493 e. The molecule has 2 aromatic heterocycles. The van der Waals surface area contributed by atoms with Crippen molar-refractivity contribution in [1.82, 2.24) is 4.98 Å². The number of furan rings is 1. The van der Waals surface area contributed by atoms with Crippen molar-refractivity contribution in [3.8, 4) is 11.5 Å². The first-order valence-electron chi connectivity index (χ1n) is 11.8. The lowest BCUT2D eigenvalue weighted by atomic mass is 9.96. The van der Waals surface area contributed by atoms with Gasteiger partial charge in [0.2, 0.25) is 0 Å². The number of nitrogens with one attached hydrogen (secondary N) is 1. The molecule has 1 N–H and O–H groups in total. The number of pyridine rings is 1. The molecule has 0 aliphatic heterocycles. The molecule has 0 saturated heterocycles. The highest BCUT2D eigenvalue weighted by atomic mass is 16.5. The van der Waals surface area contributed by atoms with Crippen LogP contribution in [-0.2, 0) is 12.8 Å². The maximum Gasteiger partial charge on any atom is 0.252 e. The third-order valence-electron chi connectivity index (χ3n) is 6.03. The SMILES string of the molecule is CC.CCCc1[nH]c(=O)c(Cc2ccc3oc4ccccc4c3c2)c2cc(OC)c(OC)cc12. The van der Waals surface area contributed by atoms with Gasteiger partial charge >= 0.3 is 0 Å². The van der Waals surface area contributed by atoms with Crippen molar-refractivity contribution in [3.63, 3.8) is 0 Å². The van der Waals surface area contributed by atoms with Crippen molar-refractivity contribution in [2.24, 2.45) is 0 Å². The number of hydrogen-bond donors (Lipinski definition) is 1. The van der Waals surface area contributed by atoms with Gasteiger partial charge in [0.1, 0.15) is 11.2 Å². The number of H-pyrrole nitrogens is 1. The summed E-state index contributed by atoms with van der Waals surface area (Å²) >= 11 is 0. The van der Waals surface area contributed by atoms with Crippen molar-refractivity contribution >= 4 is 32.7 Å². The molecule has 34 heavy (non-hydrogen) atoms. The number of aromatic amines is 1. The molecule has 5 nitrogen and oxygen atoms in total. The molecule has 5 heteroatoms. The summed E-state index contributed by atoms with van der Waals surface area (Å²) in [5.74, 6) is 1.27. The predicted octanol–water partition coefficient (Wildman–Crippen LogP) is 7.01. The van der Waals surface area contributed by atoms with Gasteiger partial charge in [-0.05, 0) is 47.7 Å². The van der Waals surface area contributed by atoms with E-state index in [4.69, 9.17) is 13.9 Å². The summed E-state index contributed by atoms with van der Waals surface area (Å²) in [6.45, 7) is 6.10. The molecule has 0 radical (unpaired) electrons. The van der Waals surface area contributed by atoms with Gasteiger partial charge in [-0.3, -0.25) is 4.79 Å². The molecule has 0 saturated carbocycles. The van der Waals surface area contributed by atoms with Gasteiger partial charge in [0.15, 0.2) is 11.5 Å². The van der Waals surface area contributed by atoms with E-state index in [0.29, 0.717) is 23.5 Å². The van der Waals surface area contributed by atoms with Crippen molar-refractivity contribution in [3.05, 3.63) is 81.8 Å². The van der Waals surface area contributed by atoms with Gasteiger partial charge in [-0.25, -0.2) is 0 Å². The van der Waals surface area contributed by atoms with Gasteiger partial charge in [-0.2, -0.15) is 0 Å². The summed E-state index contributed by atoms with van der Waals surface area (Å²) in [7, 11) is 3.24. The fourth-order valence-corrected chi connectivity index (χ4v) is 4.49. The van der Waals surface area contributed by atoms with Gasteiger partial charge in [0, 0.05) is 33.8 Å². The third kappa shape index (κ3) is 4.14. The van der Waals surface area contributed by atoms with Crippen LogP contribution in [0, 0.1) is 0 Å². The minimum absolute atomic E-state index is 0.0645. The number of benzene rings is 3. The smallest absolute Gasteiger partial charge is 0.252 e. The van der Waals surface area contributed by atoms with Crippen LogP contribution in [0.1, 0.15) is 44.0 Å². The lowest BCUT2D eigenvalue weighted by Gasteiger charge is -2.15. The Bertz CT molecular complexity index is 1510. The van der Waals surface area contributed by atoms with E-state index in [2.05, 4.69) is 24.0 Å². The molecular formula is C29H31NO4. The van der Waals surface area contributed by atoms with Crippen molar-refractivity contribution in [2.75, 3.05) is 14.2 Å². The molecule has 0 aliphatic carbocycles.